The molecule has 0 aromatic carbocycles. The summed E-state index contributed by atoms with van der Waals surface area (Å²) in [6, 6.07) is 0. The third kappa shape index (κ3) is 1.88. The van der Waals surface area contributed by atoms with Gasteiger partial charge in [-0.25, -0.2) is 0 Å². The van der Waals surface area contributed by atoms with Gasteiger partial charge in [-0.2, -0.15) is 0 Å². The molecular weight excluding hydrogens is 224 g/mol. The number of methoxy groups -OCH3 is 4. The van der Waals surface area contributed by atoms with Crippen molar-refractivity contribution in [2.75, 3.05) is 34.3 Å². The fraction of sp³-hybridized carbons (Fsp3) is 1.00. The van der Waals surface area contributed by atoms with Crippen LogP contribution in [0.3, 0.4) is 0 Å². The maximum Gasteiger partial charge on any atom is 0.340 e. The van der Waals surface area contributed by atoms with E-state index in [0.29, 0.717) is 12.3 Å². The molecule has 0 radical (unpaired) electrons. The number of rotatable bonds is 5. The topological polar surface area (TPSA) is 46.2 Å². The van der Waals surface area contributed by atoms with Crippen molar-refractivity contribution < 1.29 is 23.7 Å². The first kappa shape index (κ1) is 13.2. The number of ether oxygens (including phenoxy) is 5. The summed E-state index contributed by atoms with van der Waals surface area (Å²) in [7, 11) is 5.95. The Bertz CT molecular complexity index is 183. The van der Waals surface area contributed by atoms with Crippen LogP contribution in [-0.4, -0.2) is 52.2 Å². The quantitative estimate of drug-likeness (QED) is 0.529. The van der Waals surface area contributed by atoms with Crippen molar-refractivity contribution in [1.82, 2.24) is 0 Å². The second-order valence-corrected chi connectivity index (χ2v) is 3.53. The summed E-state index contributed by atoms with van der Waals surface area (Å²) in [6.45, 7) is 0. The standard InChI is InChI=1S/C9H17ClO5/c1-11-8(12-2)5-7(6-10)15-9(8,13-3)14-4/h7H,5-6H2,1-4H3/t7-/m1/s1. The largest absolute Gasteiger partial charge is 0.347 e. The summed E-state index contributed by atoms with van der Waals surface area (Å²) < 4.78 is 26.7. The lowest BCUT2D eigenvalue weighted by Gasteiger charge is -2.38. The summed E-state index contributed by atoms with van der Waals surface area (Å²) >= 11 is 5.74. The summed E-state index contributed by atoms with van der Waals surface area (Å²) in [5, 5.41) is 0. The Morgan fingerprint density at radius 2 is 1.67 bits per heavy atom. The molecule has 15 heavy (non-hydrogen) atoms. The van der Waals surface area contributed by atoms with Crippen LogP contribution >= 0.6 is 11.6 Å². The molecule has 0 aliphatic carbocycles. The van der Waals surface area contributed by atoms with Gasteiger partial charge in [0.2, 0.25) is 0 Å². The van der Waals surface area contributed by atoms with Crippen LogP contribution in [0.5, 0.6) is 0 Å². The van der Waals surface area contributed by atoms with E-state index in [2.05, 4.69) is 0 Å². The van der Waals surface area contributed by atoms with E-state index in [-0.39, 0.29) is 6.10 Å². The van der Waals surface area contributed by atoms with E-state index in [4.69, 9.17) is 35.3 Å². The molecule has 90 valence electrons. The smallest absolute Gasteiger partial charge is 0.340 e. The monoisotopic (exact) mass is 240 g/mol. The fourth-order valence-electron chi connectivity index (χ4n) is 1.85. The molecule has 5 nitrogen and oxygen atoms in total. The number of hydrogen-bond acceptors (Lipinski definition) is 5. The molecule has 0 saturated carbocycles. The molecule has 6 heteroatoms. The van der Waals surface area contributed by atoms with Gasteiger partial charge in [0.15, 0.2) is 0 Å². The van der Waals surface area contributed by atoms with E-state index in [1.807, 2.05) is 0 Å². The van der Waals surface area contributed by atoms with E-state index in [0.717, 1.165) is 0 Å². The van der Waals surface area contributed by atoms with Gasteiger partial charge in [-0.3, -0.25) is 0 Å². The van der Waals surface area contributed by atoms with E-state index < -0.39 is 11.8 Å². The molecule has 0 unspecified atom stereocenters. The minimum Gasteiger partial charge on any atom is -0.347 e. The van der Waals surface area contributed by atoms with Gasteiger partial charge >= 0.3 is 5.97 Å². The van der Waals surface area contributed by atoms with E-state index in [9.17, 15) is 0 Å². The Morgan fingerprint density at radius 1 is 1.13 bits per heavy atom. The highest BCUT2D eigenvalue weighted by Gasteiger charge is 2.63. The normalized spacial score (nSPS) is 28.2. The van der Waals surface area contributed by atoms with E-state index in [1.54, 1.807) is 0 Å². The Labute approximate surface area is 94.5 Å². The first-order chi connectivity index (χ1) is 7.13. The second kappa shape index (κ2) is 4.95. The van der Waals surface area contributed by atoms with Crippen LogP contribution in [0.1, 0.15) is 6.42 Å². The van der Waals surface area contributed by atoms with Gasteiger partial charge in [0, 0.05) is 40.7 Å². The van der Waals surface area contributed by atoms with Crippen LogP contribution < -0.4 is 0 Å². The average molecular weight is 241 g/mol. The zero-order valence-corrected chi connectivity index (χ0v) is 10.2. The molecule has 1 rings (SSSR count). The Hall–Kier alpha value is 0.0900. The summed E-state index contributed by atoms with van der Waals surface area (Å²) in [4.78, 5) is 0. The van der Waals surface area contributed by atoms with Gasteiger partial charge in [0.25, 0.3) is 5.79 Å². The molecule has 0 aromatic rings. The Balaban J connectivity index is 3.00. The minimum absolute atomic E-state index is 0.230. The molecule has 0 amide bonds. The summed E-state index contributed by atoms with van der Waals surface area (Å²) in [6.07, 6.45) is 0.219. The highest BCUT2D eigenvalue weighted by Crippen LogP contribution is 2.44. The summed E-state index contributed by atoms with van der Waals surface area (Å²) in [5.74, 6) is -2.13. The number of hydrogen-bond donors (Lipinski definition) is 0. The molecule has 1 aliphatic heterocycles. The van der Waals surface area contributed by atoms with Crippen LogP contribution in [0, 0.1) is 0 Å². The van der Waals surface area contributed by atoms with Gasteiger partial charge in [-0.1, -0.05) is 0 Å². The molecule has 0 spiro atoms. The molecule has 1 aliphatic rings. The van der Waals surface area contributed by atoms with Gasteiger partial charge in [-0.05, 0) is 0 Å². The van der Waals surface area contributed by atoms with Crippen molar-refractivity contribution in [3.05, 3.63) is 0 Å². The lowest BCUT2D eigenvalue weighted by Crippen LogP contribution is -2.56. The molecule has 1 saturated heterocycles. The molecular formula is C9H17ClO5. The van der Waals surface area contributed by atoms with E-state index in [1.165, 1.54) is 28.4 Å². The third-order valence-electron chi connectivity index (χ3n) is 2.65. The molecule has 1 atom stereocenters. The van der Waals surface area contributed by atoms with Crippen molar-refractivity contribution in [3.8, 4) is 0 Å². The molecule has 0 aromatic heterocycles. The van der Waals surface area contributed by atoms with Crippen molar-refractivity contribution in [2.45, 2.75) is 24.3 Å². The molecule has 0 bridgehead atoms. The van der Waals surface area contributed by atoms with Crippen LogP contribution in [0.25, 0.3) is 0 Å². The van der Waals surface area contributed by atoms with Crippen molar-refractivity contribution in [1.29, 1.82) is 0 Å². The predicted molar refractivity (Wildman–Crippen MR) is 53.7 cm³/mol. The number of alkyl halides is 1. The van der Waals surface area contributed by atoms with Crippen molar-refractivity contribution >= 4 is 11.6 Å². The van der Waals surface area contributed by atoms with Gasteiger partial charge in [0.05, 0.1) is 6.10 Å². The number of halogens is 1. The first-order valence-corrected chi connectivity index (χ1v) is 5.11. The molecule has 1 heterocycles. The van der Waals surface area contributed by atoms with Crippen molar-refractivity contribution in [2.24, 2.45) is 0 Å². The Morgan fingerprint density at radius 3 is 1.93 bits per heavy atom. The van der Waals surface area contributed by atoms with Crippen molar-refractivity contribution in [3.63, 3.8) is 0 Å². The SMILES string of the molecule is COC1(OC)C[C@H](CCl)OC1(OC)OC. The van der Waals surface area contributed by atoms with Gasteiger partial charge in [-0.15, -0.1) is 11.6 Å². The first-order valence-electron chi connectivity index (χ1n) is 4.58. The Kier molecular flexibility index (Phi) is 4.34. The predicted octanol–water partition coefficient (Wildman–Crippen LogP) is 0.950. The maximum absolute atomic E-state index is 5.74. The summed E-state index contributed by atoms with van der Waals surface area (Å²) in [5.41, 5.74) is 0. The van der Waals surface area contributed by atoms with Crippen LogP contribution in [0.2, 0.25) is 0 Å². The zero-order valence-electron chi connectivity index (χ0n) is 9.41. The third-order valence-corrected chi connectivity index (χ3v) is 3.00. The fourth-order valence-corrected chi connectivity index (χ4v) is 2.02. The lowest BCUT2D eigenvalue weighted by atomic mass is 10.1. The zero-order chi connectivity index (χ0) is 11.5. The lowest BCUT2D eigenvalue weighted by molar-refractivity contribution is -0.451. The maximum atomic E-state index is 5.74. The minimum atomic E-state index is -1.37. The highest BCUT2D eigenvalue weighted by atomic mass is 35.5. The highest BCUT2D eigenvalue weighted by molar-refractivity contribution is 6.18. The van der Waals surface area contributed by atoms with E-state index >= 15 is 0 Å². The van der Waals surface area contributed by atoms with Gasteiger partial charge < -0.3 is 23.7 Å². The van der Waals surface area contributed by atoms with Crippen LogP contribution in [0.15, 0.2) is 0 Å². The van der Waals surface area contributed by atoms with Gasteiger partial charge in [0.1, 0.15) is 0 Å². The average Bonchev–Trinajstić information content (AvgIpc) is 2.64. The molecule has 0 N–H and O–H groups in total. The van der Waals surface area contributed by atoms with Crippen LogP contribution in [-0.2, 0) is 23.7 Å². The second-order valence-electron chi connectivity index (χ2n) is 3.22. The van der Waals surface area contributed by atoms with Crippen LogP contribution in [0.4, 0.5) is 0 Å². The molecule has 1 fully saturated rings.